The van der Waals surface area contributed by atoms with Gasteiger partial charge >= 0.3 is 0 Å². The van der Waals surface area contributed by atoms with Crippen molar-refractivity contribution in [3.63, 3.8) is 0 Å². The first-order chi connectivity index (χ1) is 13.0. The molecule has 2 aromatic rings. The molecule has 144 valence electrons. The molecule has 1 N–H and O–H groups in total. The van der Waals surface area contributed by atoms with Crippen molar-refractivity contribution < 1.29 is 4.79 Å². The maximum Gasteiger partial charge on any atom is 0.224 e. The van der Waals surface area contributed by atoms with Gasteiger partial charge in [0.05, 0.1) is 6.42 Å². The minimum Gasteiger partial charge on any atom is -0.354 e. The smallest absolute Gasteiger partial charge is 0.224 e. The first kappa shape index (κ1) is 19.4. The number of carbonyl (C=O) groups excluding carboxylic acids is 1. The third kappa shape index (κ3) is 5.30. The quantitative estimate of drug-likeness (QED) is 0.854. The Bertz CT molecular complexity index is 749. The predicted octanol–water partition coefficient (Wildman–Crippen LogP) is 2.82. The minimum atomic E-state index is 0.0421. The number of amides is 1. The number of benzene rings is 1. The minimum absolute atomic E-state index is 0.0421. The van der Waals surface area contributed by atoms with Gasteiger partial charge in [-0.05, 0) is 30.2 Å². The molecule has 1 saturated heterocycles. The lowest BCUT2D eigenvalue weighted by Crippen LogP contribution is -2.45. The highest BCUT2D eigenvalue weighted by molar-refractivity contribution is 5.78. The van der Waals surface area contributed by atoms with Gasteiger partial charge in [0.25, 0.3) is 0 Å². The van der Waals surface area contributed by atoms with Crippen LogP contribution in [0.4, 0.5) is 5.82 Å². The highest BCUT2D eigenvalue weighted by Gasteiger charge is 2.18. The molecule has 3 rings (SSSR count). The van der Waals surface area contributed by atoms with Crippen molar-refractivity contribution in [2.45, 2.75) is 32.7 Å². The lowest BCUT2D eigenvalue weighted by Gasteiger charge is -2.34. The van der Waals surface area contributed by atoms with Gasteiger partial charge in [0.1, 0.15) is 5.82 Å². The van der Waals surface area contributed by atoms with Crippen LogP contribution in [0.25, 0.3) is 0 Å². The van der Waals surface area contributed by atoms with Gasteiger partial charge in [0.2, 0.25) is 5.91 Å². The number of likely N-dealkylation sites (N-methyl/N-ethyl adjacent to an activating group) is 1. The van der Waals surface area contributed by atoms with E-state index in [2.05, 4.69) is 71.3 Å². The average Bonchev–Trinajstić information content (AvgIpc) is 2.68. The Morgan fingerprint density at radius 1 is 1.11 bits per heavy atom. The molecule has 0 atom stereocenters. The van der Waals surface area contributed by atoms with Gasteiger partial charge in [-0.1, -0.05) is 44.2 Å². The van der Waals surface area contributed by atoms with Crippen LogP contribution in [0.5, 0.6) is 0 Å². The predicted molar refractivity (Wildman–Crippen MR) is 110 cm³/mol. The lowest BCUT2D eigenvalue weighted by atomic mass is 10.0. The van der Waals surface area contributed by atoms with Crippen LogP contribution in [-0.4, -0.2) is 49.0 Å². The van der Waals surface area contributed by atoms with Crippen LogP contribution in [0.3, 0.4) is 0 Å². The molecule has 0 aliphatic carbocycles. The van der Waals surface area contributed by atoms with E-state index in [1.54, 1.807) is 0 Å². The standard InChI is InChI=1S/C22H30N4O/c1-17(2)19-8-6-18(7-9-19)15-21(27)24-16-20-5-4-10-23-22(20)26-13-11-25(3)12-14-26/h4-10,17H,11-16H2,1-3H3,(H,24,27). The third-order valence-electron chi connectivity index (χ3n) is 5.16. The van der Waals surface area contributed by atoms with E-state index in [1.807, 2.05) is 12.3 Å². The summed E-state index contributed by atoms with van der Waals surface area (Å²) >= 11 is 0. The van der Waals surface area contributed by atoms with Crippen LogP contribution in [-0.2, 0) is 17.8 Å². The van der Waals surface area contributed by atoms with Crippen LogP contribution in [0.2, 0.25) is 0 Å². The topological polar surface area (TPSA) is 48.5 Å². The number of piperazine rings is 1. The molecule has 1 fully saturated rings. The third-order valence-corrected chi connectivity index (χ3v) is 5.16. The summed E-state index contributed by atoms with van der Waals surface area (Å²) in [7, 11) is 2.14. The molecule has 5 heteroatoms. The fourth-order valence-electron chi connectivity index (χ4n) is 3.33. The molecule has 1 aliphatic heterocycles. The van der Waals surface area contributed by atoms with E-state index < -0.39 is 0 Å². The Labute approximate surface area is 162 Å². The summed E-state index contributed by atoms with van der Waals surface area (Å²) in [5.74, 6) is 1.54. The van der Waals surface area contributed by atoms with Gasteiger partial charge in [-0.2, -0.15) is 0 Å². The molecule has 0 spiro atoms. The Morgan fingerprint density at radius 2 is 1.81 bits per heavy atom. The summed E-state index contributed by atoms with van der Waals surface area (Å²) in [5.41, 5.74) is 3.42. The second-order valence-electron chi connectivity index (χ2n) is 7.63. The number of nitrogens with zero attached hydrogens (tertiary/aromatic N) is 3. The maximum absolute atomic E-state index is 12.4. The molecule has 1 aliphatic rings. The summed E-state index contributed by atoms with van der Waals surface area (Å²) in [4.78, 5) is 21.6. The zero-order valence-electron chi connectivity index (χ0n) is 16.6. The van der Waals surface area contributed by atoms with Gasteiger partial charge in [-0.3, -0.25) is 4.79 Å². The van der Waals surface area contributed by atoms with Crippen molar-refractivity contribution in [2.75, 3.05) is 38.1 Å². The summed E-state index contributed by atoms with van der Waals surface area (Å²) in [6, 6.07) is 12.3. The first-order valence-electron chi connectivity index (χ1n) is 9.76. The molecule has 1 aromatic carbocycles. The molecule has 27 heavy (non-hydrogen) atoms. The van der Waals surface area contributed by atoms with Crippen molar-refractivity contribution in [3.05, 3.63) is 59.3 Å². The van der Waals surface area contributed by atoms with E-state index in [9.17, 15) is 4.79 Å². The van der Waals surface area contributed by atoms with Crippen LogP contribution in [0, 0.1) is 0 Å². The van der Waals surface area contributed by atoms with Gasteiger partial charge in [-0.25, -0.2) is 4.98 Å². The normalized spacial score (nSPS) is 15.2. The Kier molecular flexibility index (Phi) is 6.45. The van der Waals surface area contributed by atoms with E-state index in [0.717, 1.165) is 43.1 Å². The van der Waals surface area contributed by atoms with E-state index in [4.69, 9.17) is 0 Å². The molecular formula is C22H30N4O. The monoisotopic (exact) mass is 366 g/mol. The highest BCUT2D eigenvalue weighted by Crippen LogP contribution is 2.19. The largest absolute Gasteiger partial charge is 0.354 e. The summed E-state index contributed by atoms with van der Waals surface area (Å²) in [6.07, 6.45) is 2.23. The average molecular weight is 367 g/mol. The first-order valence-corrected chi connectivity index (χ1v) is 9.76. The van der Waals surface area contributed by atoms with Crippen LogP contribution >= 0.6 is 0 Å². The molecule has 1 aromatic heterocycles. The van der Waals surface area contributed by atoms with Crippen molar-refractivity contribution in [1.29, 1.82) is 0 Å². The number of aromatic nitrogens is 1. The van der Waals surface area contributed by atoms with E-state index in [1.165, 1.54) is 5.56 Å². The Hall–Kier alpha value is -2.40. The summed E-state index contributed by atoms with van der Waals surface area (Å²) < 4.78 is 0. The summed E-state index contributed by atoms with van der Waals surface area (Å²) in [6.45, 7) is 8.87. The molecule has 0 unspecified atom stereocenters. The molecule has 0 saturated carbocycles. The number of carbonyl (C=O) groups is 1. The van der Waals surface area contributed by atoms with E-state index >= 15 is 0 Å². The van der Waals surface area contributed by atoms with Gasteiger partial charge < -0.3 is 15.1 Å². The Morgan fingerprint density at radius 3 is 2.48 bits per heavy atom. The number of anilines is 1. The molecule has 5 nitrogen and oxygen atoms in total. The molecular weight excluding hydrogens is 336 g/mol. The number of nitrogens with one attached hydrogen (secondary N) is 1. The fraction of sp³-hybridized carbons (Fsp3) is 0.455. The summed E-state index contributed by atoms with van der Waals surface area (Å²) in [5, 5.41) is 3.06. The Balaban J connectivity index is 1.57. The van der Waals surface area contributed by atoms with Gasteiger partial charge in [0, 0.05) is 44.5 Å². The van der Waals surface area contributed by atoms with Crippen molar-refractivity contribution in [2.24, 2.45) is 0 Å². The van der Waals surface area contributed by atoms with Gasteiger partial charge in [-0.15, -0.1) is 0 Å². The number of rotatable bonds is 6. The highest BCUT2D eigenvalue weighted by atomic mass is 16.1. The molecule has 0 radical (unpaired) electrons. The van der Waals surface area contributed by atoms with Gasteiger partial charge in [0.15, 0.2) is 0 Å². The van der Waals surface area contributed by atoms with Crippen molar-refractivity contribution in [3.8, 4) is 0 Å². The van der Waals surface area contributed by atoms with E-state index in [0.29, 0.717) is 18.9 Å². The zero-order chi connectivity index (χ0) is 19.2. The zero-order valence-corrected chi connectivity index (χ0v) is 16.6. The lowest BCUT2D eigenvalue weighted by molar-refractivity contribution is -0.120. The second-order valence-corrected chi connectivity index (χ2v) is 7.63. The molecule has 2 heterocycles. The van der Waals surface area contributed by atoms with Crippen LogP contribution in [0.15, 0.2) is 42.6 Å². The van der Waals surface area contributed by atoms with Crippen molar-refractivity contribution >= 4 is 11.7 Å². The van der Waals surface area contributed by atoms with E-state index in [-0.39, 0.29) is 5.91 Å². The number of pyridine rings is 1. The maximum atomic E-state index is 12.4. The molecule has 1 amide bonds. The van der Waals surface area contributed by atoms with Crippen LogP contribution < -0.4 is 10.2 Å². The van der Waals surface area contributed by atoms with Crippen LogP contribution in [0.1, 0.15) is 36.5 Å². The SMILES string of the molecule is CC(C)c1ccc(CC(=O)NCc2cccnc2N2CCN(C)CC2)cc1. The number of hydrogen-bond donors (Lipinski definition) is 1. The molecule has 0 bridgehead atoms. The van der Waals surface area contributed by atoms with Crippen molar-refractivity contribution in [1.82, 2.24) is 15.2 Å². The second kappa shape index (κ2) is 9.00. The number of hydrogen-bond acceptors (Lipinski definition) is 4. The fourth-order valence-corrected chi connectivity index (χ4v) is 3.33.